The molecule has 1 fully saturated rings. The quantitative estimate of drug-likeness (QED) is 0.828. The summed E-state index contributed by atoms with van der Waals surface area (Å²) in [5, 5.41) is 3.56. The fourth-order valence-electron chi connectivity index (χ4n) is 2.89. The average molecular weight is 231 g/mol. The molecule has 0 aromatic heterocycles. The van der Waals surface area contributed by atoms with Gasteiger partial charge in [-0.1, -0.05) is 52.0 Å². The third kappa shape index (κ3) is 2.55. The number of hydrogen-bond donors (Lipinski definition) is 1. The van der Waals surface area contributed by atoms with E-state index in [4.69, 9.17) is 0 Å². The molecule has 1 saturated carbocycles. The lowest BCUT2D eigenvalue weighted by Crippen LogP contribution is -2.47. The Morgan fingerprint density at radius 3 is 2.35 bits per heavy atom. The molecule has 17 heavy (non-hydrogen) atoms. The van der Waals surface area contributed by atoms with Crippen molar-refractivity contribution in [3.63, 3.8) is 0 Å². The Bertz CT molecular complexity index is 352. The van der Waals surface area contributed by atoms with Crippen molar-refractivity contribution in [3.8, 4) is 0 Å². The normalized spacial score (nSPS) is 28.2. The zero-order chi connectivity index (χ0) is 12.4. The van der Waals surface area contributed by atoms with E-state index in [1.807, 2.05) is 0 Å². The molecule has 0 saturated heterocycles. The molecule has 1 heteroatoms. The summed E-state index contributed by atoms with van der Waals surface area (Å²) in [6.45, 7) is 10.2. The predicted molar refractivity (Wildman–Crippen MR) is 74.5 cm³/mol. The Hall–Kier alpha value is -0.820. The highest BCUT2D eigenvalue weighted by atomic mass is 14.9. The van der Waals surface area contributed by atoms with Crippen LogP contribution in [0.1, 0.15) is 57.1 Å². The summed E-state index contributed by atoms with van der Waals surface area (Å²) >= 11 is 0. The first-order chi connectivity index (χ1) is 8.13. The standard InChI is InChI=1S/C16H25N/c1-5-17-16-10-15(12(16)4)14-8-6-13(7-9-14)11(2)3/h6-9,11-12,15-17H,5,10H2,1-4H3. The topological polar surface area (TPSA) is 12.0 Å². The third-order valence-electron chi connectivity index (χ3n) is 4.27. The summed E-state index contributed by atoms with van der Waals surface area (Å²) in [6.07, 6.45) is 1.30. The molecule has 0 bridgehead atoms. The highest BCUT2D eigenvalue weighted by Gasteiger charge is 2.37. The number of hydrogen-bond acceptors (Lipinski definition) is 1. The lowest BCUT2D eigenvalue weighted by Gasteiger charge is -2.43. The number of nitrogens with one attached hydrogen (secondary N) is 1. The first-order valence-electron chi connectivity index (χ1n) is 6.96. The van der Waals surface area contributed by atoms with Crippen LogP contribution in [0.5, 0.6) is 0 Å². The summed E-state index contributed by atoms with van der Waals surface area (Å²) in [5.74, 6) is 2.18. The Morgan fingerprint density at radius 1 is 1.24 bits per heavy atom. The number of benzene rings is 1. The average Bonchev–Trinajstić information content (AvgIpc) is 2.33. The van der Waals surface area contributed by atoms with Crippen LogP contribution in [0.4, 0.5) is 0 Å². The molecule has 0 radical (unpaired) electrons. The Morgan fingerprint density at radius 2 is 1.88 bits per heavy atom. The molecule has 0 spiro atoms. The van der Waals surface area contributed by atoms with E-state index in [2.05, 4.69) is 57.3 Å². The van der Waals surface area contributed by atoms with Gasteiger partial charge in [0.1, 0.15) is 0 Å². The lowest BCUT2D eigenvalue weighted by atomic mass is 9.67. The molecule has 94 valence electrons. The summed E-state index contributed by atoms with van der Waals surface area (Å²) in [7, 11) is 0. The molecule has 1 aromatic carbocycles. The van der Waals surface area contributed by atoms with Gasteiger partial charge in [0.05, 0.1) is 0 Å². The molecule has 1 aromatic rings. The monoisotopic (exact) mass is 231 g/mol. The van der Waals surface area contributed by atoms with Crippen LogP contribution in [-0.4, -0.2) is 12.6 Å². The SMILES string of the molecule is CCNC1CC(c2ccc(C(C)C)cc2)C1C. The van der Waals surface area contributed by atoms with Gasteiger partial charge >= 0.3 is 0 Å². The predicted octanol–water partition coefficient (Wildman–Crippen LogP) is 3.91. The van der Waals surface area contributed by atoms with Gasteiger partial charge in [0, 0.05) is 6.04 Å². The molecule has 1 nitrogen and oxygen atoms in total. The highest BCUT2D eigenvalue weighted by molar-refractivity contribution is 5.29. The fourth-order valence-corrected chi connectivity index (χ4v) is 2.89. The maximum absolute atomic E-state index is 3.56. The molecule has 3 unspecified atom stereocenters. The maximum Gasteiger partial charge on any atom is 0.0104 e. The van der Waals surface area contributed by atoms with E-state index in [0.717, 1.165) is 24.4 Å². The van der Waals surface area contributed by atoms with Crippen LogP contribution in [0.3, 0.4) is 0 Å². The maximum atomic E-state index is 3.56. The third-order valence-corrected chi connectivity index (χ3v) is 4.27. The summed E-state index contributed by atoms with van der Waals surface area (Å²) in [6, 6.07) is 9.99. The summed E-state index contributed by atoms with van der Waals surface area (Å²) in [5.41, 5.74) is 2.97. The smallest absolute Gasteiger partial charge is 0.0104 e. The van der Waals surface area contributed by atoms with Gasteiger partial charge in [-0.25, -0.2) is 0 Å². The van der Waals surface area contributed by atoms with E-state index in [9.17, 15) is 0 Å². The lowest BCUT2D eigenvalue weighted by molar-refractivity contribution is 0.187. The molecule has 2 rings (SSSR count). The Kier molecular flexibility index (Phi) is 3.88. The fraction of sp³-hybridized carbons (Fsp3) is 0.625. The van der Waals surface area contributed by atoms with Gasteiger partial charge in [-0.2, -0.15) is 0 Å². The van der Waals surface area contributed by atoms with Crippen LogP contribution >= 0.6 is 0 Å². The van der Waals surface area contributed by atoms with E-state index >= 15 is 0 Å². The van der Waals surface area contributed by atoms with Gasteiger partial charge in [-0.3, -0.25) is 0 Å². The largest absolute Gasteiger partial charge is 0.314 e. The second kappa shape index (κ2) is 5.22. The van der Waals surface area contributed by atoms with Gasteiger partial charge in [0.2, 0.25) is 0 Å². The van der Waals surface area contributed by atoms with Crippen molar-refractivity contribution >= 4 is 0 Å². The van der Waals surface area contributed by atoms with Crippen LogP contribution in [0.25, 0.3) is 0 Å². The van der Waals surface area contributed by atoms with Crippen LogP contribution in [-0.2, 0) is 0 Å². The van der Waals surface area contributed by atoms with Gasteiger partial charge in [-0.05, 0) is 41.8 Å². The van der Waals surface area contributed by atoms with E-state index in [0.29, 0.717) is 5.92 Å². The van der Waals surface area contributed by atoms with Crippen LogP contribution in [0, 0.1) is 5.92 Å². The van der Waals surface area contributed by atoms with Crippen molar-refractivity contribution in [2.75, 3.05) is 6.54 Å². The van der Waals surface area contributed by atoms with Crippen molar-refractivity contribution in [3.05, 3.63) is 35.4 Å². The van der Waals surface area contributed by atoms with Gasteiger partial charge < -0.3 is 5.32 Å². The molecule has 0 amide bonds. The molecule has 0 aliphatic heterocycles. The molecular weight excluding hydrogens is 206 g/mol. The summed E-state index contributed by atoms with van der Waals surface area (Å²) in [4.78, 5) is 0. The zero-order valence-electron chi connectivity index (χ0n) is 11.5. The zero-order valence-corrected chi connectivity index (χ0v) is 11.5. The van der Waals surface area contributed by atoms with Crippen molar-refractivity contribution in [1.82, 2.24) is 5.32 Å². The number of rotatable bonds is 4. The van der Waals surface area contributed by atoms with Gasteiger partial charge in [-0.15, -0.1) is 0 Å². The first-order valence-corrected chi connectivity index (χ1v) is 6.96. The van der Waals surface area contributed by atoms with Crippen molar-refractivity contribution in [2.45, 2.75) is 52.0 Å². The van der Waals surface area contributed by atoms with E-state index in [-0.39, 0.29) is 0 Å². The second-order valence-electron chi connectivity index (χ2n) is 5.69. The molecule has 1 aliphatic carbocycles. The van der Waals surface area contributed by atoms with Crippen molar-refractivity contribution in [1.29, 1.82) is 0 Å². The van der Waals surface area contributed by atoms with Crippen LogP contribution in [0.15, 0.2) is 24.3 Å². The molecule has 1 N–H and O–H groups in total. The van der Waals surface area contributed by atoms with Crippen molar-refractivity contribution in [2.24, 2.45) is 5.92 Å². The van der Waals surface area contributed by atoms with Crippen molar-refractivity contribution < 1.29 is 0 Å². The van der Waals surface area contributed by atoms with Crippen LogP contribution < -0.4 is 5.32 Å². The molecule has 0 heterocycles. The minimum absolute atomic E-state index is 0.636. The second-order valence-corrected chi connectivity index (χ2v) is 5.69. The highest BCUT2D eigenvalue weighted by Crippen LogP contribution is 2.42. The molecular formula is C16H25N. The first kappa shape index (κ1) is 12.6. The molecule has 1 aliphatic rings. The van der Waals surface area contributed by atoms with E-state index in [1.54, 1.807) is 0 Å². The Labute approximate surface area is 106 Å². The van der Waals surface area contributed by atoms with Gasteiger partial charge in [0.25, 0.3) is 0 Å². The molecule has 3 atom stereocenters. The van der Waals surface area contributed by atoms with E-state index in [1.165, 1.54) is 17.5 Å². The summed E-state index contributed by atoms with van der Waals surface area (Å²) < 4.78 is 0. The Balaban J connectivity index is 2.00. The van der Waals surface area contributed by atoms with Gasteiger partial charge in [0.15, 0.2) is 0 Å². The minimum Gasteiger partial charge on any atom is -0.314 e. The van der Waals surface area contributed by atoms with E-state index < -0.39 is 0 Å². The minimum atomic E-state index is 0.636. The van der Waals surface area contributed by atoms with Crippen LogP contribution in [0.2, 0.25) is 0 Å².